The first-order valence-corrected chi connectivity index (χ1v) is 44.1. The molecule has 0 amide bonds. The minimum atomic E-state index is -1.51. The van der Waals surface area contributed by atoms with E-state index in [2.05, 4.69) is 86.8 Å². The molecule has 9 nitrogen and oxygen atoms in total. The lowest BCUT2D eigenvalue weighted by Gasteiger charge is -2.25. The fraction of sp³-hybridized carbons (Fsp3) is 0.837. The SMILES string of the molecule is CCCCCCC/C=C\C/C=C\C/C=C\CCCCCCCCCCCCCCCCCCCCCCCCCCC(=O)OC(COC(=O)CCCCCCCCCCCCCCCCCCCCCCCC/C=C\C/C=C\C/C=C\CCCCCCC)COC(OCC[N+](C)(C)C)C(=O)O. The summed E-state index contributed by atoms with van der Waals surface area (Å²) >= 11 is 0. The van der Waals surface area contributed by atoms with E-state index in [-0.39, 0.29) is 38.2 Å². The Morgan fingerprint density at radius 3 is 0.792 bits per heavy atom. The van der Waals surface area contributed by atoms with Gasteiger partial charge >= 0.3 is 17.9 Å². The Hall–Kier alpha value is -3.27. The van der Waals surface area contributed by atoms with Crippen LogP contribution in [0.3, 0.4) is 0 Å². The lowest BCUT2D eigenvalue weighted by atomic mass is 10.0. The van der Waals surface area contributed by atoms with Gasteiger partial charge in [0.2, 0.25) is 0 Å². The van der Waals surface area contributed by atoms with Crippen LogP contribution < -0.4 is 0 Å². The smallest absolute Gasteiger partial charge is 0.361 e. The van der Waals surface area contributed by atoms with E-state index in [0.29, 0.717) is 17.4 Å². The van der Waals surface area contributed by atoms with Crippen molar-refractivity contribution < 1.29 is 42.9 Å². The summed E-state index contributed by atoms with van der Waals surface area (Å²) in [5.41, 5.74) is 0. The number of esters is 2. The van der Waals surface area contributed by atoms with Crippen LogP contribution in [0, 0.1) is 0 Å². The molecule has 2 unspecified atom stereocenters. The number of quaternary nitrogens is 1. The van der Waals surface area contributed by atoms with Gasteiger partial charge in [-0.05, 0) is 89.9 Å². The molecule has 2 atom stereocenters. The second-order valence-electron chi connectivity index (χ2n) is 31.2. The van der Waals surface area contributed by atoms with Gasteiger partial charge < -0.3 is 28.5 Å². The van der Waals surface area contributed by atoms with Crippen molar-refractivity contribution in [3.8, 4) is 0 Å². The maximum absolute atomic E-state index is 13.0. The number of aliphatic carboxylic acids is 1. The van der Waals surface area contributed by atoms with Crippen molar-refractivity contribution in [2.45, 2.75) is 450 Å². The van der Waals surface area contributed by atoms with Crippen LogP contribution in [0.15, 0.2) is 72.9 Å². The zero-order valence-corrected chi connectivity index (χ0v) is 67.8. The first-order valence-electron chi connectivity index (χ1n) is 44.1. The number of allylic oxidation sites excluding steroid dienone is 12. The van der Waals surface area contributed by atoms with Crippen LogP contribution in [-0.2, 0) is 33.3 Å². The summed E-state index contributed by atoms with van der Waals surface area (Å²) in [6.45, 7) is 4.92. The average Bonchev–Trinajstić information content (AvgIpc) is 1.21. The fourth-order valence-electron chi connectivity index (χ4n) is 13.2. The number of ether oxygens (including phenoxy) is 4. The molecule has 0 aromatic heterocycles. The molecule has 0 aliphatic carbocycles. The van der Waals surface area contributed by atoms with Crippen molar-refractivity contribution >= 4 is 17.9 Å². The number of carboxylic acid groups (broad SMARTS) is 1. The Morgan fingerprint density at radius 1 is 0.297 bits per heavy atom. The fourth-order valence-corrected chi connectivity index (χ4v) is 13.2. The largest absolute Gasteiger partial charge is 0.477 e. The minimum absolute atomic E-state index is 0.177. The monoisotopic (exact) mass is 1420 g/mol. The summed E-state index contributed by atoms with van der Waals surface area (Å²) in [6, 6.07) is 0. The maximum atomic E-state index is 13.0. The molecule has 0 aromatic rings. The van der Waals surface area contributed by atoms with E-state index in [4.69, 9.17) is 18.9 Å². The molecule has 0 aliphatic heterocycles. The first kappa shape index (κ1) is 97.7. The Morgan fingerprint density at radius 2 is 0.535 bits per heavy atom. The highest BCUT2D eigenvalue weighted by molar-refractivity contribution is 5.71. The van der Waals surface area contributed by atoms with Crippen molar-refractivity contribution in [1.29, 1.82) is 0 Å². The Labute approximate surface area is 628 Å². The van der Waals surface area contributed by atoms with Crippen molar-refractivity contribution in [3.63, 3.8) is 0 Å². The molecule has 1 N–H and O–H groups in total. The summed E-state index contributed by atoms with van der Waals surface area (Å²) in [6.07, 6.45) is 110. The number of likely N-dealkylation sites (N-methyl/N-ethyl adjacent to an activating group) is 1. The van der Waals surface area contributed by atoms with Gasteiger partial charge in [-0.1, -0.05) is 408 Å². The molecule has 0 saturated heterocycles. The number of rotatable bonds is 83. The summed E-state index contributed by atoms with van der Waals surface area (Å²) in [7, 11) is 6.00. The molecule has 0 radical (unpaired) electrons. The molecule has 101 heavy (non-hydrogen) atoms. The molecule has 590 valence electrons. The third-order valence-corrected chi connectivity index (χ3v) is 19.9. The molecule has 0 heterocycles. The van der Waals surface area contributed by atoms with Crippen LogP contribution in [-0.4, -0.2) is 87.4 Å². The molecule has 0 spiro atoms. The lowest BCUT2D eigenvalue weighted by Crippen LogP contribution is -2.40. The predicted molar refractivity (Wildman–Crippen MR) is 438 cm³/mol. The van der Waals surface area contributed by atoms with Crippen LogP contribution >= 0.6 is 0 Å². The average molecular weight is 1420 g/mol. The molecular formula is C92H170NO8+. The Kier molecular flexibility index (Phi) is 79.7. The van der Waals surface area contributed by atoms with Gasteiger partial charge in [-0.25, -0.2) is 4.79 Å². The molecule has 0 fully saturated rings. The first-order chi connectivity index (χ1) is 49.6. The highest BCUT2D eigenvalue weighted by atomic mass is 16.7. The second kappa shape index (κ2) is 82.4. The molecule has 0 rings (SSSR count). The summed E-state index contributed by atoms with van der Waals surface area (Å²) in [5.74, 6) is -1.97. The Balaban J connectivity index is 3.93. The van der Waals surface area contributed by atoms with Gasteiger partial charge in [0.15, 0.2) is 6.10 Å². The zero-order chi connectivity index (χ0) is 73.2. The minimum Gasteiger partial charge on any atom is -0.477 e. The number of carbonyl (C=O) groups excluding carboxylic acids is 2. The number of hydrogen-bond acceptors (Lipinski definition) is 7. The van der Waals surface area contributed by atoms with Crippen LogP contribution in [0.25, 0.3) is 0 Å². The quantitative estimate of drug-likeness (QED) is 0.0211. The van der Waals surface area contributed by atoms with Crippen LogP contribution in [0.2, 0.25) is 0 Å². The van der Waals surface area contributed by atoms with E-state index in [1.807, 2.05) is 21.1 Å². The molecular weight excluding hydrogens is 1250 g/mol. The molecule has 0 aromatic carbocycles. The van der Waals surface area contributed by atoms with Gasteiger partial charge in [0.25, 0.3) is 6.29 Å². The van der Waals surface area contributed by atoms with E-state index in [0.717, 1.165) is 64.2 Å². The van der Waals surface area contributed by atoms with Crippen molar-refractivity contribution in [2.75, 3.05) is 47.5 Å². The molecule has 0 bridgehead atoms. The van der Waals surface area contributed by atoms with E-state index in [9.17, 15) is 19.5 Å². The van der Waals surface area contributed by atoms with E-state index in [1.165, 1.54) is 347 Å². The number of hydrogen-bond donors (Lipinski definition) is 1. The lowest BCUT2D eigenvalue weighted by molar-refractivity contribution is -0.870. The van der Waals surface area contributed by atoms with Crippen LogP contribution in [0.4, 0.5) is 0 Å². The van der Waals surface area contributed by atoms with Gasteiger partial charge in [0.1, 0.15) is 13.2 Å². The molecule has 0 saturated carbocycles. The van der Waals surface area contributed by atoms with Gasteiger partial charge in [0, 0.05) is 12.8 Å². The van der Waals surface area contributed by atoms with Gasteiger partial charge in [-0.2, -0.15) is 0 Å². The number of carboxylic acids is 1. The van der Waals surface area contributed by atoms with Crippen molar-refractivity contribution in [1.82, 2.24) is 0 Å². The van der Waals surface area contributed by atoms with Gasteiger partial charge in [-0.3, -0.25) is 9.59 Å². The van der Waals surface area contributed by atoms with Crippen molar-refractivity contribution in [3.05, 3.63) is 72.9 Å². The topological polar surface area (TPSA) is 108 Å². The second-order valence-corrected chi connectivity index (χ2v) is 31.2. The third-order valence-electron chi connectivity index (χ3n) is 19.9. The highest BCUT2D eigenvalue weighted by Gasteiger charge is 2.25. The zero-order valence-electron chi connectivity index (χ0n) is 67.8. The van der Waals surface area contributed by atoms with Gasteiger partial charge in [-0.15, -0.1) is 0 Å². The maximum Gasteiger partial charge on any atom is 0.361 e. The summed E-state index contributed by atoms with van der Waals surface area (Å²) in [4.78, 5) is 37.8. The molecule has 9 heteroatoms. The Bertz CT molecular complexity index is 1900. The number of unbranched alkanes of at least 4 members (excludes halogenated alkanes) is 56. The normalized spacial score (nSPS) is 12.9. The standard InChI is InChI=1S/C92H169NO8/c1-6-8-10-12-14-16-18-20-22-24-26-28-30-32-34-36-38-40-42-44-45-47-49-51-53-55-57-59-61-63-65-67-69-71-73-75-77-79-81-83-90(95)101-88(87-100-92(91(96)97)98-85-84-93(3,4)5)86-99-89(94)82-80-78-76-74-72-70-68-66-64-62-60-58-56-54-52-50-48-46-43-41-39-37-35-33-31-29-27-25-23-21-19-17-15-13-11-9-7-2/h18-21,24-27,30-33,88,92H,6-17,22-23,28-29,34-87H2,1-5H3/p+1/b20-18-,21-19-,26-24-,27-25-,32-30-,33-31-. The van der Waals surface area contributed by atoms with Crippen LogP contribution in [0.1, 0.15) is 438 Å². The highest BCUT2D eigenvalue weighted by Crippen LogP contribution is 2.20. The van der Waals surface area contributed by atoms with Crippen molar-refractivity contribution in [2.24, 2.45) is 0 Å². The molecule has 0 aliphatic rings. The van der Waals surface area contributed by atoms with E-state index in [1.54, 1.807) is 0 Å². The van der Waals surface area contributed by atoms with Gasteiger partial charge in [0.05, 0.1) is 34.4 Å². The summed E-state index contributed by atoms with van der Waals surface area (Å²) in [5, 5.41) is 9.79. The van der Waals surface area contributed by atoms with E-state index < -0.39 is 18.4 Å². The third kappa shape index (κ3) is 83.9. The van der Waals surface area contributed by atoms with E-state index >= 15 is 0 Å². The number of carbonyl (C=O) groups is 3. The van der Waals surface area contributed by atoms with Crippen LogP contribution in [0.5, 0.6) is 0 Å². The predicted octanol–water partition coefficient (Wildman–Crippen LogP) is 28.7. The summed E-state index contributed by atoms with van der Waals surface area (Å²) < 4.78 is 23.1. The number of nitrogens with zero attached hydrogens (tertiary/aromatic N) is 1.